The summed E-state index contributed by atoms with van der Waals surface area (Å²) in [7, 11) is -3.77. The SMILES string of the molecule is CCN(CC)C(=O)Oc1ccccc1NS(=O)(=O)c1ccc(C)cc1. The summed E-state index contributed by atoms with van der Waals surface area (Å²) in [6.07, 6.45) is -0.521. The number of hydrogen-bond donors (Lipinski definition) is 1. The lowest BCUT2D eigenvalue weighted by Gasteiger charge is -2.19. The Bertz CT molecular complexity index is 828. The fraction of sp³-hybridized carbons (Fsp3) is 0.278. The van der Waals surface area contributed by atoms with Crippen LogP contribution in [0, 0.1) is 6.92 Å². The van der Waals surface area contributed by atoms with Crippen molar-refractivity contribution in [3.05, 3.63) is 54.1 Å². The van der Waals surface area contributed by atoms with E-state index in [-0.39, 0.29) is 16.3 Å². The third-order valence-electron chi connectivity index (χ3n) is 3.68. The third-order valence-corrected chi connectivity index (χ3v) is 5.06. The molecule has 0 saturated carbocycles. The van der Waals surface area contributed by atoms with Crippen molar-refractivity contribution in [3.8, 4) is 5.75 Å². The lowest BCUT2D eigenvalue weighted by molar-refractivity contribution is 0.157. The average molecular weight is 362 g/mol. The summed E-state index contributed by atoms with van der Waals surface area (Å²) in [4.78, 5) is 13.8. The maximum Gasteiger partial charge on any atom is 0.415 e. The number of amides is 1. The minimum Gasteiger partial charge on any atom is -0.408 e. The normalized spacial score (nSPS) is 11.0. The quantitative estimate of drug-likeness (QED) is 0.851. The Balaban J connectivity index is 2.25. The summed E-state index contributed by atoms with van der Waals surface area (Å²) in [6, 6.07) is 13.0. The molecular weight excluding hydrogens is 340 g/mol. The fourth-order valence-electron chi connectivity index (χ4n) is 2.20. The zero-order valence-electron chi connectivity index (χ0n) is 14.5. The molecule has 0 aliphatic rings. The number of rotatable bonds is 6. The molecule has 0 bridgehead atoms. The van der Waals surface area contributed by atoms with E-state index in [1.54, 1.807) is 36.4 Å². The van der Waals surface area contributed by atoms with Gasteiger partial charge in [-0.1, -0.05) is 29.8 Å². The van der Waals surface area contributed by atoms with Gasteiger partial charge in [-0.2, -0.15) is 0 Å². The molecule has 1 amide bonds. The summed E-state index contributed by atoms with van der Waals surface area (Å²) in [5.41, 5.74) is 1.18. The second-order valence-corrected chi connectivity index (χ2v) is 7.14. The van der Waals surface area contributed by atoms with E-state index < -0.39 is 16.1 Å². The molecule has 134 valence electrons. The summed E-state index contributed by atoms with van der Waals surface area (Å²) >= 11 is 0. The maximum atomic E-state index is 12.5. The number of carbonyl (C=O) groups excluding carboxylic acids is 1. The van der Waals surface area contributed by atoms with Crippen LogP contribution in [0.1, 0.15) is 19.4 Å². The van der Waals surface area contributed by atoms with Crippen LogP contribution in [-0.2, 0) is 10.0 Å². The zero-order chi connectivity index (χ0) is 18.4. The Labute approximate surface area is 148 Å². The van der Waals surface area contributed by atoms with Crippen molar-refractivity contribution in [1.29, 1.82) is 0 Å². The van der Waals surface area contributed by atoms with Gasteiger partial charge in [0.1, 0.15) is 0 Å². The van der Waals surface area contributed by atoms with Crippen molar-refractivity contribution in [2.45, 2.75) is 25.7 Å². The second kappa shape index (κ2) is 8.02. The molecule has 0 unspecified atom stereocenters. The number of nitrogens with zero attached hydrogens (tertiary/aromatic N) is 1. The minimum absolute atomic E-state index is 0.142. The second-order valence-electron chi connectivity index (χ2n) is 5.45. The molecule has 0 saturated heterocycles. The number of aryl methyl sites for hydroxylation is 1. The van der Waals surface area contributed by atoms with E-state index in [1.807, 2.05) is 20.8 Å². The Kier molecular flexibility index (Phi) is 6.03. The number of para-hydroxylation sites is 2. The topological polar surface area (TPSA) is 75.7 Å². The summed E-state index contributed by atoms with van der Waals surface area (Å²) < 4.78 is 32.9. The highest BCUT2D eigenvalue weighted by Gasteiger charge is 2.19. The number of sulfonamides is 1. The van der Waals surface area contributed by atoms with Gasteiger partial charge in [0.2, 0.25) is 0 Å². The Morgan fingerprint density at radius 1 is 1.04 bits per heavy atom. The van der Waals surface area contributed by atoms with Crippen LogP contribution in [0.4, 0.5) is 10.5 Å². The van der Waals surface area contributed by atoms with E-state index >= 15 is 0 Å². The predicted molar refractivity (Wildman–Crippen MR) is 97.4 cm³/mol. The molecule has 2 aromatic carbocycles. The summed E-state index contributed by atoms with van der Waals surface area (Å²) in [5, 5.41) is 0. The van der Waals surface area contributed by atoms with Gasteiger partial charge in [0.25, 0.3) is 10.0 Å². The van der Waals surface area contributed by atoms with Crippen LogP contribution in [-0.4, -0.2) is 32.5 Å². The van der Waals surface area contributed by atoms with Gasteiger partial charge in [-0.3, -0.25) is 4.72 Å². The van der Waals surface area contributed by atoms with Gasteiger partial charge in [-0.25, -0.2) is 13.2 Å². The molecule has 0 spiro atoms. The Hall–Kier alpha value is -2.54. The first kappa shape index (κ1) is 18.8. The molecule has 0 aliphatic heterocycles. The molecular formula is C18H22N2O4S. The highest BCUT2D eigenvalue weighted by atomic mass is 32.2. The first-order chi connectivity index (χ1) is 11.9. The van der Waals surface area contributed by atoms with E-state index in [0.717, 1.165) is 5.56 Å². The number of carbonyl (C=O) groups is 1. The lowest BCUT2D eigenvalue weighted by Crippen LogP contribution is -2.33. The van der Waals surface area contributed by atoms with E-state index in [0.29, 0.717) is 13.1 Å². The largest absolute Gasteiger partial charge is 0.415 e. The molecule has 2 rings (SSSR count). The number of ether oxygens (including phenoxy) is 1. The van der Waals surface area contributed by atoms with Gasteiger partial charge in [-0.05, 0) is 45.0 Å². The van der Waals surface area contributed by atoms with Gasteiger partial charge in [0.05, 0.1) is 10.6 Å². The monoisotopic (exact) mass is 362 g/mol. The summed E-state index contributed by atoms with van der Waals surface area (Å²) in [6.45, 7) is 6.58. The molecule has 0 aromatic heterocycles. The van der Waals surface area contributed by atoms with Crippen LogP contribution in [0.2, 0.25) is 0 Å². The Morgan fingerprint density at radius 2 is 1.64 bits per heavy atom. The van der Waals surface area contributed by atoms with Gasteiger partial charge in [-0.15, -0.1) is 0 Å². The van der Waals surface area contributed by atoms with Gasteiger partial charge < -0.3 is 9.64 Å². The van der Waals surface area contributed by atoms with Crippen LogP contribution in [0.15, 0.2) is 53.4 Å². The molecule has 1 N–H and O–H groups in total. The molecule has 25 heavy (non-hydrogen) atoms. The van der Waals surface area contributed by atoms with Crippen LogP contribution >= 0.6 is 0 Å². The molecule has 7 heteroatoms. The van der Waals surface area contributed by atoms with Crippen LogP contribution in [0.3, 0.4) is 0 Å². The number of hydrogen-bond acceptors (Lipinski definition) is 4. The molecule has 6 nitrogen and oxygen atoms in total. The molecule has 0 heterocycles. The maximum absolute atomic E-state index is 12.5. The van der Waals surface area contributed by atoms with Crippen LogP contribution in [0.25, 0.3) is 0 Å². The van der Waals surface area contributed by atoms with E-state index in [2.05, 4.69) is 4.72 Å². The van der Waals surface area contributed by atoms with Gasteiger partial charge >= 0.3 is 6.09 Å². The van der Waals surface area contributed by atoms with Crippen molar-refractivity contribution in [3.63, 3.8) is 0 Å². The average Bonchev–Trinajstić information content (AvgIpc) is 2.58. The standard InChI is InChI=1S/C18H22N2O4S/c1-4-20(5-2)18(21)24-17-9-7-6-8-16(17)19-25(22,23)15-12-10-14(3)11-13-15/h6-13,19H,4-5H2,1-3H3. The number of benzene rings is 2. The van der Waals surface area contributed by atoms with Crippen molar-refractivity contribution < 1.29 is 17.9 Å². The predicted octanol–water partition coefficient (Wildman–Crippen LogP) is 3.64. The lowest BCUT2D eigenvalue weighted by atomic mass is 10.2. The van der Waals surface area contributed by atoms with E-state index in [9.17, 15) is 13.2 Å². The fourth-order valence-corrected chi connectivity index (χ4v) is 3.27. The number of anilines is 1. The van der Waals surface area contributed by atoms with E-state index in [4.69, 9.17) is 4.74 Å². The van der Waals surface area contributed by atoms with Crippen LogP contribution < -0.4 is 9.46 Å². The summed E-state index contributed by atoms with van der Waals surface area (Å²) in [5.74, 6) is 0.162. The van der Waals surface area contributed by atoms with Crippen molar-refractivity contribution >= 4 is 21.8 Å². The van der Waals surface area contributed by atoms with Crippen molar-refractivity contribution in [2.75, 3.05) is 17.8 Å². The molecule has 0 atom stereocenters. The van der Waals surface area contributed by atoms with Gasteiger partial charge in [0, 0.05) is 13.1 Å². The first-order valence-corrected chi connectivity index (χ1v) is 9.51. The molecule has 2 aromatic rings. The minimum atomic E-state index is -3.77. The number of nitrogens with one attached hydrogen (secondary N) is 1. The van der Waals surface area contributed by atoms with Crippen molar-refractivity contribution in [1.82, 2.24) is 4.90 Å². The third kappa shape index (κ3) is 4.73. The van der Waals surface area contributed by atoms with E-state index in [1.165, 1.54) is 17.0 Å². The molecule has 0 fully saturated rings. The zero-order valence-corrected chi connectivity index (χ0v) is 15.3. The molecule has 0 aliphatic carbocycles. The first-order valence-electron chi connectivity index (χ1n) is 8.02. The highest BCUT2D eigenvalue weighted by Crippen LogP contribution is 2.27. The highest BCUT2D eigenvalue weighted by molar-refractivity contribution is 7.92. The molecule has 0 radical (unpaired) electrons. The Morgan fingerprint density at radius 3 is 2.24 bits per heavy atom. The smallest absolute Gasteiger partial charge is 0.408 e. The van der Waals surface area contributed by atoms with Crippen molar-refractivity contribution in [2.24, 2.45) is 0 Å². The van der Waals surface area contributed by atoms with Crippen LogP contribution in [0.5, 0.6) is 5.75 Å². The van der Waals surface area contributed by atoms with Gasteiger partial charge in [0.15, 0.2) is 5.75 Å².